The maximum atomic E-state index is 10.0. The molecule has 0 bridgehead atoms. The maximum Gasteiger partial charge on any atom is 0 e. The van der Waals surface area contributed by atoms with Gasteiger partial charge in [0.1, 0.15) is 0 Å². The van der Waals surface area contributed by atoms with Crippen molar-refractivity contribution in [2.75, 3.05) is 0 Å². The predicted octanol–water partition coefficient (Wildman–Crippen LogP) is 2.51. The zero-order chi connectivity index (χ0) is 9.03. The van der Waals surface area contributed by atoms with Crippen LogP contribution in [0.15, 0.2) is 30.3 Å². The van der Waals surface area contributed by atoms with E-state index in [0.29, 0.717) is 6.42 Å². The van der Waals surface area contributed by atoms with Crippen LogP contribution in [0.1, 0.15) is 25.8 Å². The normalized spacial score (nSPS) is 14.4. The predicted molar refractivity (Wildman–Crippen MR) is 50.6 cm³/mol. The van der Waals surface area contributed by atoms with Gasteiger partial charge in [0.05, 0.1) is 0 Å². The Balaban J connectivity index is 0.00000144. The van der Waals surface area contributed by atoms with Crippen molar-refractivity contribution in [2.24, 2.45) is 0 Å². The molecule has 0 amide bonds. The first kappa shape index (κ1) is 12.9. The molecule has 0 aliphatic carbocycles. The van der Waals surface area contributed by atoms with Gasteiger partial charge >= 0.3 is 0 Å². The minimum absolute atomic E-state index is 0. The molecule has 0 aliphatic heterocycles. The van der Waals surface area contributed by atoms with Gasteiger partial charge < -0.3 is 5.11 Å². The molecule has 1 aromatic carbocycles. The molecule has 0 aliphatic rings. The summed E-state index contributed by atoms with van der Waals surface area (Å²) in [7, 11) is 0. The largest absolute Gasteiger partial charge is 0.417 e. The van der Waals surface area contributed by atoms with Crippen LogP contribution in [-0.2, 0) is 26.7 Å². The minimum Gasteiger partial charge on any atom is -0.417 e. The van der Waals surface area contributed by atoms with E-state index >= 15 is 0 Å². The Hall–Kier alpha value is -0.132. The zero-order valence-corrected chi connectivity index (χ0v) is 11.0. The summed E-state index contributed by atoms with van der Waals surface area (Å²) in [5.74, 6) is 0. The molecule has 0 saturated heterocycles. The smallest absolute Gasteiger partial charge is 0 e. The van der Waals surface area contributed by atoms with Gasteiger partial charge in [-0.2, -0.15) is 6.92 Å². The number of aliphatic hydroxyl groups is 1. The summed E-state index contributed by atoms with van der Waals surface area (Å²) in [5, 5.41) is 10.0. The molecule has 0 heterocycles. The number of benzene rings is 1. The summed E-state index contributed by atoms with van der Waals surface area (Å²) < 4.78 is 0. The van der Waals surface area contributed by atoms with Crippen molar-refractivity contribution in [1.82, 2.24) is 0 Å². The Morgan fingerprint density at radius 1 is 1.31 bits per heavy atom. The Morgan fingerprint density at radius 2 is 1.85 bits per heavy atom. The molecule has 13 heavy (non-hydrogen) atoms. The minimum atomic E-state index is -0.749. The average molecular weight is 347 g/mol. The number of rotatable bonds is 3. The van der Waals surface area contributed by atoms with Crippen LogP contribution in [0.4, 0.5) is 0 Å². The van der Waals surface area contributed by atoms with Crippen molar-refractivity contribution in [1.29, 1.82) is 0 Å². The van der Waals surface area contributed by atoms with E-state index in [1.165, 1.54) is 0 Å². The second kappa shape index (κ2) is 5.57. The van der Waals surface area contributed by atoms with Gasteiger partial charge in [0.2, 0.25) is 0 Å². The van der Waals surface area contributed by atoms with Crippen molar-refractivity contribution in [2.45, 2.75) is 25.9 Å². The average Bonchev–Trinajstić information content (AvgIpc) is 2.18. The first-order chi connectivity index (χ1) is 5.73. The van der Waals surface area contributed by atoms with Gasteiger partial charge in [-0.3, -0.25) is 6.42 Å². The third kappa shape index (κ3) is 2.93. The summed E-state index contributed by atoms with van der Waals surface area (Å²) in [6.07, 6.45) is 2.55. The van der Waals surface area contributed by atoms with Crippen LogP contribution in [0.3, 0.4) is 0 Å². The van der Waals surface area contributed by atoms with Crippen molar-refractivity contribution in [3.8, 4) is 0 Å². The SMILES string of the molecule is C[CH-]C(O)(CC)c1ccccc1.[W]. The van der Waals surface area contributed by atoms with Crippen LogP contribution in [0, 0.1) is 6.42 Å². The molecule has 1 atom stereocenters. The molecular formula is C11H15OW-. The van der Waals surface area contributed by atoms with Gasteiger partial charge in [0.25, 0.3) is 0 Å². The molecule has 1 unspecified atom stereocenters. The fourth-order valence-electron chi connectivity index (χ4n) is 1.30. The molecule has 0 spiro atoms. The van der Waals surface area contributed by atoms with E-state index in [4.69, 9.17) is 0 Å². The van der Waals surface area contributed by atoms with Crippen LogP contribution >= 0.6 is 0 Å². The van der Waals surface area contributed by atoms with Gasteiger partial charge in [0, 0.05) is 21.1 Å². The summed E-state index contributed by atoms with van der Waals surface area (Å²) in [6.45, 7) is 3.86. The maximum absolute atomic E-state index is 10.0. The van der Waals surface area contributed by atoms with E-state index in [1.807, 2.05) is 50.6 Å². The number of hydrogen-bond acceptors (Lipinski definition) is 1. The van der Waals surface area contributed by atoms with Crippen LogP contribution in [0.2, 0.25) is 0 Å². The van der Waals surface area contributed by atoms with Crippen LogP contribution in [0.25, 0.3) is 0 Å². The fourth-order valence-corrected chi connectivity index (χ4v) is 1.30. The molecule has 1 rings (SSSR count). The summed E-state index contributed by atoms with van der Waals surface area (Å²) in [4.78, 5) is 0. The van der Waals surface area contributed by atoms with Crippen LogP contribution < -0.4 is 0 Å². The number of hydrogen-bond donors (Lipinski definition) is 1. The van der Waals surface area contributed by atoms with E-state index in [9.17, 15) is 5.11 Å². The molecular weight excluding hydrogens is 332 g/mol. The molecule has 1 aromatic rings. The van der Waals surface area contributed by atoms with Crippen molar-refractivity contribution in [3.05, 3.63) is 42.3 Å². The van der Waals surface area contributed by atoms with Gasteiger partial charge in [-0.15, -0.1) is 0 Å². The summed E-state index contributed by atoms with van der Waals surface area (Å²) in [5.41, 5.74) is 0.219. The van der Waals surface area contributed by atoms with Gasteiger partial charge in [0.15, 0.2) is 0 Å². The molecule has 1 nitrogen and oxygen atoms in total. The fraction of sp³-hybridized carbons (Fsp3) is 0.364. The standard InChI is InChI=1S/C11H15O.W/c1-3-11(12,4-2)10-8-6-5-7-9-10;/h3,5-9,12H,4H2,1-2H3;/q-1;. The Bertz CT molecular complexity index is 229. The Kier molecular flexibility index (Phi) is 5.51. The van der Waals surface area contributed by atoms with E-state index in [1.54, 1.807) is 0 Å². The summed E-state index contributed by atoms with van der Waals surface area (Å²) in [6, 6.07) is 9.74. The third-order valence-corrected chi connectivity index (χ3v) is 2.29. The van der Waals surface area contributed by atoms with Crippen LogP contribution in [0.5, 0.6) is 0 Å². The Morgan fingerprint density at radius 3 is 2.23 bits per heavy atom. The van der Waals surface area contributed by atoms with E-state index in [0.717, 1.165) is 5.56 Å². The molecule has 0 saturated carbocycles. The first-order valence-electron chi connectivity index (χ1n) is 4.31. The topological polar surface area (TPSA) is 20.2 Å². The molecule has 1 N–H and O–H groups in total. The second-order valence-electron chi connectivity index (χ2n) is 2.93. The monoisotopic (exact) mass is 347 g/mol. The van der Waals surface area contributed by atoms with Crippen molar-refractivity contribution < 1.29 is 26.2 Å². The van der Waals surface area contributed by atoms with Crippen molar-refractivity contribution >= 4 is 0 Å². The molecule has 0 aromatic heterocycles. The van der Waals surface area contributed by atoms with E-state index in [2.05, 4.69) is 0 Å². The van der Waals surface area contributed by atoms with Gasteiger partial charge in [-0.1, -0.05) is 43.7 Å². The first-order valence-corrected chi connectivity index (χ1v) is 4.31. The molecule has 0 radical (unpaired) electrons. The van der Waals surface area contributed by atoms with Crippen LogP contribution in [-0.4, -0.2) is 5.11 Å². The zero-order valence-electron chi connectivity index (χ0n) is 8.03. The Labute approximate surface area is 94.4 Å². The van der Waals surface area contributed by atoms with Crippen molar-refractivity contribution in [3.63, 3.8) is 0 Å². The van der Waals surface area contributed by atoms with E-state index < -0.39 is 5.60 Å². The molecule has 2 heteroatoms. The second-order valence-corrected chi connectivity index (χ2v) is 2.93. The quantitative estimate of drug-likeness (QED) is 0.834. The molecule has 0 fully saturated rings. The summed E-state index contributed by atoms with van der Waals surface area (Å²) >= 11 is 0. The van der Waals surface area contributed by atoms with E-state index in [-0.39, 0.29) is 21.1 Å². The van der Waals surface area contributed by atoms with Gasteiger partial charge in [-0.25, -0.2) is 0 Å². The molecule has 72 valence electrons. The van der Waals surface area contributed by atoms with Gasteiger partial charge in [-0.05, 0) is 11.2 Å². The third-order valence-electron chi connectivity index (χ3n) is 2.29.